The van der Waals surface area contributed by atoms with Crippen LogP contribution in [0.4, 0.5) is 0 Å². The van der Waals surface area contributed by atoms with Crippen LogP contribution in [-0.2, 0) is 4.79 Å². The van der Waals surface area contributed by atoms with Crippen molar-refractivity contribution in [3.63, 3.8) is 0 Å². The minimum atomic E-state index is -0.501. The molecule has 0 radical (unpaired) electrons. The summed E-state index contributed by atoms with van der Waals surface area (Å²) in [5.74, 6) is -0.220. The third-order valence-corrected chi connectivity index (χ3v) is 2.54. The molecule has 88 valence electrons. The Hall–Kier alpha value is -0.830. The van der Waals surface area contributed by atoms with Crippen LogP contribution in [0.5, 0.6) is 0 Å². The smallest absolute Gasteiger partial charge is 0.243 e. The molecule has 0 aliphatic heterocycles. The number of rotatable bonds is 8. The molecule has 1 amide bonds. The molecule has 0 aliphatic carbocycles. The fraction of sp³-hybridized carbons (Fsp3) is 0.750. The lowest BCUT2D eigenvalue weighted by molar-refractivity contribution is -0.118. The zero-order valence-electron chi connectivity index (χ0n) is 9.88. The maximum absolute atomic E-state index is 11.1. The van der Waals surface area contributed by atoms with E-state index in [-0.39, 0.29) is 12.5 Å². The second-order valence-electron chi connectivity index (χ2n) is 4.22. The molecule has 0 aromatic heterocycles. The van der Waals surface area contributed by atoms with Gasteiger partial charge in [0.1, 0.15) is 0 Å². The Morgan fingerprint density at radius 1 is 1.47 bits per heavy atom. The Kier molecular flexibility index (Phi) is 7.05. The molecule has 0 fully saturated rings. The summed E-state index contributed by atoms with van der Waals surface area (Å²) in [4.78, 5) is 11.1. The summed E-state index contributed by atoms with van der Waals surface area (Å²) in [6.07, 6.45) is 6.62. The van der Waals surface area contributed by atoms with Crippen molar-refractivity contribution in [2.24, 2.45) is 0 Å². The lowest BCUT2D eigenvalue weighted by Crippen LogP contribution is -2.48. The van der Waals surface area contributed by atoms with Crippen LogP contribution in [0, 0.1) is 0 Å². The number of carbonyl (C=O) groups is 1. The van der Waals surface area contributed by atoms with E-state index in [1.54, 1.807) is 0 Å². The maximum atomic E-state index is 11.1. The molecule has 0 rings (SSSR count). The largest absolute Gasteiger partial charge is 0.394 e. The normalized spacial score (nSPS) is 14.3. The van der Waals surface area contributed by atoms with E-state index in [9.17, 15) is 9.90 Å². The Balaban J connectivity index is 3.95. The zero-order valence-corrected chi connectivity index (χ0v) is 9.88. The number of nitrogens with one attached hydrogen (secondary N) is 1. The van der Waals surface area contributed by atoms with Crippen LogP contribution >= 0.6 is 0 Å². The molecule has 3 heteroatoms. The second kappa shape index (κ2) is 7.46. The van der Waals surface area contributed by atoms with E-state index in [0.717, 1.165) is 19.3 Å². The highest BCUT2D eigenvalue weighted by atomic mass is 16.3. The third kappa shape index (κ3) is 6.28. The molecular weight excluding hydrogens is 190 g/mol. The third-order valence-electron chi connectivity index (χ3n) is 2.54. The van der Waals surface area contributed by atoms with Gasteiger partial charge in [-0.15, -0.1) is 0 Å². The summed E-state index contributed by atoms with van der Waals surface area (Å²) in [5, 5.41) is 12.0. The lowest BCUT2D eigenvalue weighted by atomic mass is 9.95. The first-order valence-corrected chi connectivity index (χ1v) is 5.63. The van der Waals surface area contributed by atoms with Gasteiger partial charge in [-0.3, -0.25) is 4.79 Å². The maximum Gasteiger partial charge on any atom is 0.243 e. The van der Waals surface area contributed by atoms with E-state index in [2.05, 4.69) is 18.8 Å². The average molecular weight is 213 g/mol. The Labute approximate surface area is 92.6 Å². The number of unbranched alkanes of at least 4 members (excludes halogenated alkanes) is 3. The molecule has 0 saturated carbocycles. The average Bonchev–Trinajstić information content (AvgIpc) is 2.24. The molecule has 0 aromatic rings. The van der Waals surface area contributed by atoms with Crippen molar-refractivity contribution in [2.45, 2.75) is 51.5 Å². The summed E-state index contributed by atoms with van der Waals surface area (Å²) in [5.41, 5.74) is -0.501. The van der Waals surface area contributed by atoms with Crippen LogP contribution in [0.1, 0.15) is 46.0 Å². The SMILES string of the molecule is C=CC(=O)NC(C)(CO)CCCCCC. The van der Waals surface area contributed by atoms with Gasteiger partial charge in [0.05, 0.1) is 12.1 Å². The van der Waals surface area contributed by atoms with Crippen molar-refractivity contribution >= 4 is 5.91 Å². The predicted octanol–water partition coefficient (Wildman–Crippen LogP) is 2.01. The number of hydrogen-bond donors (Lipinski definition) is 2. The van der Waals surface area contributed by atoms with Crippen molar-refractivity contribution in [3.05, 3.63) is 12.7 Å². The molecule has 2 N–H and O–H groups in total. The van der Waals surface area contributed by atoms with Crippen molar-refractivity contribution in [3.8, 4) is 0 Å². The Morgan fingerprint density at radius 2 is 2.13 bits per heavy atom. The predicted molar refractivity (Wildman–Crippen MR) is 62.6 cm³/mol. The number of carbonyl (C=O) groups excluding carboxylic acids is 1. The van der Waals surface area contributed by atoms with Crippen molar-refractivity contribution < 1.29 is 9.90 Å². The molecule has 1 atom stereocenters. The fourth-order valence-electron chi connectivity index (χ4n) is 1.47. The molecule has 1 unspecified atom stereocenters. The number of aliphatic hydroxyl groups is 1. The highest BCUT2D eigenvalue weighted by Crippen LogP contribution is 2.14. The standard InChI is InChI=1S/C12H23NO2/c1-4-6-7-8-9-12(3,10-14)13-11(15)5-2/h5,14H,2,4,6-10H2,1,3H3,(H,13,15). The van der Waals surface area contributed by atoms with Gasteiger partial charge >= 0.3 is 0 Å². The van der Waals surface area contributed by atoms with Gasteiger partial charge in [0, 0.05) is 0 Å². The molecule has 0 bridgehead atoms. The van der Waals surface area contributed by atoms with E-state index in [1.807, 2.05) is 6.92 Å². The Bertz CT molecular complexity index is 204. The minimum Gasteiger partial charge on any atom is -0.394 e. The fourth-order valence-corrected chi connectivity index (χ4v) is 1.47. The number of amides is 1. The monoisotopic (exact) mass is 213 g/mol. The van der Waals surface area contributed by atoms with Crippen LogP contribution in [-0.4, -0.2) is 23.2 Å². The topological polar surface area (TPSA) is 49.3 Å². The van der Waals surface area contributed by atoms with Crippen molar-refractivity contribution in [2.75, 3.05) is 6.61 Å². The van der Waals surface area contributed by atoms with Crippen LogP contribution in [0.3, 0.4) is 0 Å². The Morgan fingerprint density at radius 3 is 2.60 bits per heavy atom. The first kappa shape index (κ1) is 14.2. The van der Waals surface area contributed by atoms with Gasteiger partial charge in [-0.1, -0.05) is 39.2 Å². The molecule has 15 heavy (non-hydrogen) atoms. The molecule has 0 aliphatic rings. The first-order valence-electron chi connectivity index (χ1n) is 5.63. The van der Waals surface area contributed by atoms with Gasteiger partial charge in [0.25, 0.3) is 0 Å². The van der Waals surface area contributed by atoms with E-state index < -0.39 is 5.54 Å². The van der Waals surface area contributed by atoms with Gasteiger partial charge in [-0.2, -0.15) is 0 Å². The van der Waals surface area contributed by atoms with E-state index in [1.165, 1.54) is 18.9 Å². The van der Waals surface area contributed by atoms with Crippen LogP contribution in [0.25, 0.3) is 0 Å². The highest BCUT2D eigenvalue weighted by Gasteiger charge is 2.23. The van der Waals surface area contributed by atoms with E-state index >= 15 is 0 Å². The number of hydrogen-bond acceptors (Lipinski definition) is 2. The van der Waals surface area contributed by atoms with Crippen LogP contribution in [0.2, 0.25) is 0 Å². The quantitative estimate of drug-likeness (QED) is 0.478. The first-order chi connectivity index (χ1) is 7.08. The second-order valence-corrected chi connectivity index (χ2v) is 4.22. The molecular formula is C12H23NO2. The summed E-state index contributed by atoms with van der Waals surface area (Å²) in [6, 6.07) is 0. The van der Waals surface area contributed by atoms with Gasteiger partial charge in [0.2, 0.25) is 5.91 Å². The minimum absolute atomic E-state index is 0.0291. The molecule has 3 nitrogen and oxygen atoms in total. The lowest BCUT2D eigenvalue weighted by Gasteiger charge is -2.28. The molecule has 0 heterocycles. The summed E-state index contributed by atoms with van der Waals surface area (Å²) in [6.45, 7) is 7.38. The highest BCUT2D eigenvalue weighted by molar-refractivity contribution is 5.87. The summed E-state index contributed by atoms with van der Waals surface area (Å²) in [7, 11) is 0. The van der Waals surface area contributed by atoms with Gasteiger partial charge in [-0.25, -0.2) is 0 Å². The van der Waals surface area contributed by atoms with Gasteiger partial charge in [-0.05, 0) is 19.4 Å². The zero-order chi connectivity index (χ0) is 11.7. The van der Waals surface area contributed by atoms with Crippen LogP contribution in [0.15, 0.2) is 12.7 Å². The van der Waals surface area contributed by atoms with Gasteiger partial charge in [0.15, 0.2) is 0 Å². The van der Waals surface area contributed by atoms with Crippen molar-refractivity contribution in [1.29, 1.82) is 0 Å². The van der Waals surface area contributed by atoms with E-state index in [0.29, 0.717) is 0 Å². The van der Waals surface area contributed by atoms with Gasteiger partial charge < -0.3 is 10.4 Å². The van der Waals surface area contributed by atoms with Crippen molar-refractivity contribution in [1.82, 2.24) is 5.32 Å². The molecule has 0 saturated heterocycles. The van der Waals surface area contributed by atoms with E-state index in [4.69, 9.17) is 0 Å². The van der Waals surface area contributed by atoms with Crippen LogP contribution < -0.4 is 5.32 Å². The molecule has 0 spiro atoms. The molecule has 0 aromatic carbocycles. The number of aliphatic hydroxyl groups excluding tert-OH is 1. The summed E-state index contributed by atoms with van der Waals surface area (Å²) >= 11 is 0. The summed E-state index contributed by atoms with van der Waals surface area (Å²) < 4.78 is 0.